The Hall–Kier alpha value is -1.78. The largest absolute Gasteiger partial charge is 0.399 e. The maximum absolute atomic E-state index is 11.2. The van der Waals surface area contributed by atoms with Crippen molar-refractivity contribution in [1.29, 1.82) is 0 Å². The smallest absolute Gasteiger partial charge is 0.294 e. The third-order valence-corrected chi connectivity index (χ3v) is 4.17. The van der Waals surface area contributed by atoms with Crippen molar-refractivity contribution < 1.29 is 4.92 Å². The Kier molecular flexibility index (Phi) is 2.61. The summed E-state index contributed by atoms with van der Waals surface area (Å²) in [6, 6.07) is 6.00. The molecule has 2 atom stereocenters. The van der Waals surface area contributed by atoms with E-state index < -0.39 is 0 Å². The van der Waals surface area contributed by atoms with E-state index in [1.54, 1.807) is 6.07 Å². The second-order valence-corrected chi connectivity index (χ2v) is 5.23. The van der Waals surface area contributed by atoms with Crippen LogP contribution < -0.4 is 10.6 Å². The van der Waals surface area contributed by atoms with E-state index in [1.807, 2.05) is 6.07 Å². The Morgan fingerprint density at radius 3 is 2.50 bits per heavy atom. The molecule has 2 bridgehead atoms. The third-order valence-electron chi connectivity index (χ3n) is 4.17. The minimum absolute atomic E-state index is 0.147. The van der Waals surface area contributed by atoms with Gasteiger partial charge in [-0.2, -0.15) is 0 Å². The molecule has 2 N–H and O–H groups in total. The van der Waals surface area contributed by atoms with Crippen molar-refractivity contribution in [2.45, 2.75) is 44.2 Å². The van der Waals surface area contributed by atoms with Gasteiger partial charge in [0.25, 0.3) is 5.69 Å². The Labute approximate surface area is 106 Å². The number of nitrogens with two attached hydrogens (primary N) is 1. The fourth-order valence-electron chi connectivity index (χ4n) is 3.42. The number of rotatable bonds is 2. The molecule has 0 saturated carbocycles. The van der Waals surface area contributed by atoms with Crippen molar-refractivity contribution in [3.63, 3.8) is 0 Å². The van der Waals surface area contributed by atoms with Gasteiger partial charge in [0.1, 0.15) is 5.69 Å². The molecular weight excluding hydrogens is 230 g/mol. The lowest BCUT2D eigenvalue weighted by molar-refractivity contribution is -0.384. The molecule has 5 nitrogen and oxygen atoms in total. The standard InChI is InChI=1S/C13H17N3O2/c14-9-4-7-12(13(8-9)16(17)18)15-10-2-1-3-11(15)6-5-10/h4,7-8,10-11H,1-3,5-6,14H2. The molecular formula is C13H17N3O2. The molecule has 1 aromatic rings. The Morgan fingerprint density at radius 2 is 1.89 bits per heavy atom. The maximum atomic E-state index is 11.2. The predicted octanol–water partition coefficient (Wildman–Crippen LogP) is 2.70. The molecule has 5 heteroatoms. The average molecular weight is 247 g/mol. The zero-order chi connectivity index (χ0) is 12.7. The van der Waals surface area contributed by atoms with Gasteiger partial charge < -0.3 is 10.6 Å². The van der Waals surface area contributed by atoms with Gasteiger partial charge in [0, 0.05) is 23.8 Å². The number of nitrogens with zero attached hydrogens (tertiary/aromatic N) is 2. The summed E-state index contributed by atoms with van der Waals surface area (Å²) >= 11 is 0. The second kappa shape index (κ2) is 4.15. The minimum Gasteiger partial charge on any atom is -0.399 e. The summed E-state index contributed by atoms with van der Waals surface area (Å²) in [6.07, 6.45) is 5.86. The normalized spacial score (nSPS) is 26.3. The van der Waals surface area contributed by atoms with E-state index in [0.29, 0.717) is 17.8 Å². The number of benzene rings is 1. The summed E-state index contributed by atoms with van der Waals surface area (Å²) in [6.45, 7) is 0. The van der Waals surface area contributed by atoms with E-state index >= 15 is 0 Å². The molecule has 2 saturated heterocycles. The van der Waals surface area contributed by atoms with E-state index in [9.17, 15) is 10.1 Å². The molecule has 0 radical (unpaired) electrons. The molecule has 2 fully saturated rings. The highest BCUT2D eigenvalue weighted by Crippen LogP contribution is 2.43. The van der Waals surface area contributed by atoms with Gasteiger partial charge in [-0.3, -0.25) is 10.1 Å². The Morgan fingerprint density at radius 1 is 1.22 bits per heavy atom. The molecule has 2 heterocycles. The molecule has 2 unspecified atom stereocenters. The summed E-state index contributed by atoms with van der Waals surface area (Å²) in [5, 5.41) is 11.2. The van der Waals surface area contributed by atoms with Crippen LogP contribution in [-0.4, -0.2) is 17.0 Å². The fraction of sp³-hybridized carbons (Fsp3) is 0.538. The first-order chi connectivity index (χ1) is 8.66. The van der Waals surface area contributed by atoms with Gasteiger partial charge in [-0.1, -0.05) is 0 Å². The number of anilines is 2. The number of nitrogen functional groups attached to an aromatic ring is 1. The number of nitro benzene ring substituents is 1. The quantitative estimate of drug-likeness (QED) is 0.495. The van der Waals surface area contributed by atoms with Gasteiger partial charge in [-0.05, 0) is 44.2 Å². The van der Waals surface area contributed by atoms with Crippen LogP contribution in [0.15, 0.2) is 18.2 Å². The number of fused-ring (bicyclic) bond motifs is 2. The first-order valence-corrected chi connectivity index (χ1v) is 6.49. The van der Waals surface area contributed by atoms with Crippen LogP contribution in [0.4, 0.5) is 17.1 Å². The molecule has 2 aliphatic heterocycles. The van der Waals surface area contributed by atoms with Crippen LogP contribution in [0.3, 0.4) is 0 Å². The van der Waals surface area contributed by atoms with Crippen LogP contribution >= 0.6 is 0 Å². The first-order valence-electron chi connectivity index (χ1n) is 6.49. The Balaban J connectivity index is 2.04. The zero-order valence-corrected chi connectivity index (χ0v) is 10.2. The van der Waals surface area contributed by atoms with Gasteiger partial charge in [0.05, 0.1) is 4.92 Å². The van der Waals surface area contributed by atoms with Gasteiger partial charge in [-0.25, -0.2) is 0 Å². The number of nitro groups is 1. The van der Waals surface area contributed by atoms with Crippen LogP contribution in [0.1, 0.15) is 32.1 Å². The maximum Gasteiger partial charge on any atom is 0.294 e. The van der Waals surface area contributed by atoms with Crippen LogP contribution in [0.2, 0.25) is 0 Å². The molecule has 18 heavy (non-hydrogen) atoms. The van der Waals surface area contributed by atoms with Crippen LogP contribution in [-0.2, 0) is 0 Å². The van der Waals surface area contributed by atoms with E-state index in [0.717, 1.165) is 31.4 Å². The zero-order valence-electron chi connectivity index (χ0n) is 10.2. The molecule has 0 spiro atoms. The van der Waals surface area contributed by atoms with Crippen molar-refractivity contribution in [2.24, 2.45) is 0 Å². The predicted molar refractivity (Wildman–Crippen MR) is 70.6 cm³/mol. The van der Waals surface area contributed by atoms with Crippen molar-refractivity contribution in [1.82, 2.24) is 0 Å². The molecule has 0 amide bonds. The van der Waals surface area contributed by atoms with E-state index in [4.69, 9.17) is 5.73 Å². The lowest BCUT2D eigenvalue weighted by Gasteiger charge is -2.36. The van der Waals surface area contributed by atoms with Gasteiger partial charge >= 0.3 is 0 Å². The van der Waals surface area contributed by atoms with Gasteiger partial charge in [0.15, 0.2) is 0 Å². The minimum atomic E-state index is -0.320. The van der Waals surface area contributed by atoms with E-state index in [-0.39, 0.29) is 10.6 Å². The summed E-state index contributed by atoms with van der Waals surface area (Å²) < 4.78 is 0. The van der Waals surface area contributed by atoms with Crippen molar-refractivity contribution in [3.05, 3.63) is 28.3 Å². The monoisotopic (exact) mass is 247 g/mol. The van der Waals surface area contributed by atoms with Crippen molar-refractivity contribution in [3.8, 4) is 0 Å². The molecule has 1 aromatic carbocycles. The molecule has 0 aliphatic carbocycles. The van der Waals surface area contributed by atoms with Gasteiger partial charge in [-0.15, -0.1) is 0 Å². The topological polar surface area (TPSA) is 72.4 Å². The summed E-state index contributed by atoms with van der Waals surface area (Å²) in [5.41, 5.74) is 7.01. The average Bonchev–Trinajstić information content (AvgIpc) is 2.59. The molecule has 2 aliphatic rings. The van der Waals surface area contributed by atoms with Crippen LogP contribution in [0.25, 0.3) is 0 Å². The lowest BCUT2D eigenvalue weighted by Crippen LogP contribution is -2.40. The van der Waals surface area contributed by atoms with E-state index in [2.05, 4.69) is 4.90 Å². The molecule has 3 rings (SSSR count). The van der Waals surface area contributed by atoms with E-state index in [1.165, 1.54) is 12.5 Å². The molecule has 0 aromatic heterocycles. The van der Waals surface area contributed by atoms with Crippen molar-refractivity contribution in [2.75, 3.05) is 10.6 Å². The Bertz CT molecular complexity index is 473. The van der Waals surface area contributed by atoms with Crippen LogP contribution in [0, 0.1) is 10.1 Å². The lowest BCUT2D eigenvalue weighted by atomic mass is 10.0. The number of hydrogen-bond acceptors (Lipinski definition) is 4. The highest BCUT2D eigenvalue weighted by atomic mass is 16.6. The summed E-state index contributed by atoms with van der Waals surface area (Å²) in [5.74, 6) is 0. The summed E-state index contributed by atoms with van der Waals surface area (Å²) in [4.78, 5) is 13.1. The second-order valence-electron chi connectivity index (χ2n) is 5.23. The molecule has 96 valence electrons. The van der Waals surface area contributed by atoms with Crippen molar-refractivity contribution >= 4 is 17.1 Å². The SMILES string of the molecule is Nc1ccc(N2C3CCCC2CC3)c([N+](=O)[O-])c1. The highest BCUT2D eigenvalue weighted by molar-refractivity contribution is 5.69. The van der Waals surface area contributed by atoms with Gasteiger partial charge in [0.2, 0.25) is 0 Å². The number of piperidine rings is 1. The fourth-order valence-corrected chi connectivity index (χ4v) is 3.42. The highest BCUT2D eigenvalue weighted by Gasteiger charge is 2.39. The third kappa shape index (κ3) is 1.70. The number of hydrogen-bond donors (Lipinski definition) is 1. The van der Waals surface area contributed by atoms with Crippen LogP contribution in [0.5, 0.6) is 0 Å². The first kappa shape index (κ1) is 11.3. The summed E-state index contributed by atoms with van der Waals surface area (Å²) in [7, 11) is 0.